The Morgan fingerprint density at radius 3 is 2.62 bits per heavy atom. The van der Waals surface area contributed by atoms with Crippen LogP contribution in [0, 0.1) is 16.6 Å². The summed E-state index contributed by atoms with van der Waals surface area (Å²) in [6, 6.07) is 5.39. The second-order valence-electron chi connectivity index (χ2n) is 4.47. The summed E-state index contributed by atoms with van der Waals surface area (Å²) in [5.41, 5.74) is 11.6. The molecule has 6 N–H and O–H groups in total. The van der Waals surface area contributed by atoms with E-state index in [0.29, 0.717) is 11.8 Å². The van der Waals surface area contributed by atoms with Gasteiger partial charge in [0.25, 0.3) is 0 Å². The van der Waals surface area contributed by atoms with E-state index in [2.05, 4.69) is 4.99 Å². The maximum Gasteiger partial charge on any atom is 0.128 e. The third kappa shape index (κ3) is 5.23. The van der Waals surface area contributed by atoms with Gasteiger partial charge in [0.2, 0.25) is 0 Å². The average Bonchev–Trinajstić information content (AvgIpc) is 2.44. The maximum atomic E-state index is 13.5. The number of aliphatic imine (C=N–C) groups is 1. The molecule has 1 aromatic carbocycles. The number of nitrogens with zero attached hydrogens (tertiary/aromatic N) is 1. The van der Waals surface area contributed by atoms with Crippen LogP contribution >= 0.6 is 0 Å². The van der Waals surface area contributed by atoms with Crippen LogP contribution in [0.25, 0.3) is 0 Å². The van der Waals surface area contributed by atoms with E-state index in [1.54, 1.807) is 18.2 Å². The monoisotopic (exact) mass is 291 g/mol. The molecule has 0 saturated heterocycles. The molecule has 1 unspecified atom stereocenters. The molecule has 0 aromatic heterocycles. The Bertz CT molecular complexity index is 570. The number of nitrogens with one attached hydrogen (secondary N) is 2. The third-order valence-corrected chi connectivity index (χ3v) is 2.85. The van der Waals surface area contributed by atoms with Crippen LogP contribution < -0.4 is 11.5 Å². The number of hydrogen-bond acceptors (Lipinski definition) is 5. The topological polar surface area (TPSA) is 129 Å². The first-order valence-electron chi connectivity index (χ1n) is 6.33. The Morgan fingerprint density at radius 1 is 1.38 bits per heavy atom. The first kappa shape index (κ1) is 16.6. The second-order valence-corrected chi connectivity index (χ2v) is 4.47. The van der Waals surface area contributed by atoms with Crippen LogP contribution in [0.4, 0.5) is 4.39 Å². The van der Waals surface area contributed by atoms with Crippen molar-refractivity contribution in [2.24, 2.45) is 16.5 Å². The number of benzene rings is 1. The fraction of sp³-hybridized carbons (Fsp3) is 0.286. The molecule has 0 aliphatic heterocycles. The molecule has 0 amide bonds. The molecule has 112 valence electrons. The summed E-state index contributed by atoms with van der Waals surface area (Å²) in [5.74, 6) is -0.620. The zero-order valence-electron chi connectivity index (χ0n) is 11.5. The molecule has 0 heterocycles. The van der Waals surface area contributed by atoms with Gasteiger partial charge in [-0.15, -0.1) is 0 Å². The molecule has 0 fully saturated rings. The smallest absolute Gasteiger partial charge is 0.128 e. The van der Waals surface area contributed by atoms with E-state index in [1.165, 1.54) is 6.07 Å². The van der Waals surface area contributed by atoms with Crippen LogP contribution in [0.5, 0.6) is 0 Å². The van der Waals surface area contributed by atoms with Crippen LogP contribution in [0.2, 0.25) is 0 Å². The zero-order chi connectivity index (χ0) is 15.8. The lowest BCUT2D eigenvalue weighted by atomic mass is 10.0. The van der Waals surface area contributed by atoms with Gasteiger partial charge in [-0.1, -0.05) is 18.2 Å². The molecule has 6 nitrogen and oxygen atoms in total. The minimum absolute atomic E-state index is 0.00182. The molecule has 0 aliphatic carbocycles. The van der Waals surface area contributed by atoms with Crippen molar-refractivity contribution in [1.29, 1.82) is 10.8 Å². The summed E-state index contributed by atoms with van der Waals surface area (Å²) in [7, 11) is 0. The highest BCUT2D eigenvalue weighted by molar-refractivity contribution is 6.43. The first-order chi connectivity index (χ1) is 9.95. The molecule has 7 heteroatoms. The number of rotatable bonds is 8. The molecule has 1 aromatic rings. The Hall–Kier alpha value is -2.41. The highest BCUT2D eigenvalue weighted by atomic mass is 19.1. The van der Waals surface area contributed by atoms with Gasteiger partial charge in [-0.3, -0.25) is 10.4 Å². The van der Waals surface area contributed by atoms with Crippen LogP contribution in [-0.4, -0.2) is 29.6 Å². The van der Waals surface area contributed by atoms with Crippen molar-refractivity contribution in [3.63, 3.8) is 0 Å². The van der Waals surface area contributed by atoms with Gasteiger partial charge >= 0.3 is 0 Å². The Labute approximate surface area is 122 Å². The van der Waals surface area contributed by atoms with Crippen LogP contribution in [0.3, 0.4) is 0 Å². The number of halogens is 1. The fourth-order valence-corrected chi connectivity index (χ4v) is 1.61. The fourth-order valence-electron chi connectivity index (χ4n) is 1.61. The third-order valence-electron chi connectivity index (χ3n) is 2.85. The van der Waals surface area contributed by atoms with Crippen molar-refractivity contribution in [1.82, 2.24) is 0 Å². The highest BCUT2D eigenvalue weighted by Crippen LogP contribution is 2.09. The quantitative estimate of drug-likeness (QED) is 0.324. The standard InChI is InChI=1S/C14H18FN5O/c15-10-4-2-1-3-9(10)8-20-13(11(16)5-6-21)7-12(17)14(18)19/h1-4,6,12,16H,5,7-8,17H2,(H3,18,19). The number of hydrogen-bond donors (Lipinski definition) is 4. The van der Waals surface area contributed by atoms with Crippen molar-refractivity contribution in [3.8, 4) is 0 Å². The Morgan fingerprint density at radius 2 is 2.05 bits per heavy atom. The number of carbonyl (C=O) groups excluding carboxylic acids is 1. The molecule has 0 bridgehead atoms. The second kappa shape index (κ2) is 8.01. The molecular weight excluding hydrogens is 273 g/mol. The van der Waals surface area contributed by atoms with Crippen molar-refractivity contribution >= 4 is 23.5 Å². The number of aldehydes is 1. The number of carbonyl (C=O) groups is 1. The number of amidine groups is 1. The van der Waals surface area contributed by atoms with Gasteiger partial charge in [0.15, 0.2) is 0 Å². The zero-order valence-corrected chi connectivity index (χ0v) is 11.5. The summed E-state index contributed by atoms with van der Waals surface area (Å²) in [6.45, 7) is 0.0356. The molecule has 0 radical (unpaired) electrons. The summed E-state index contributed by atoms with van der Waals surface area (Å²) >= 11 is 0. The molecular formula is C14H18FN5O. The minimum Gasteiger partial charge on any atom is -0.386 e. The largest absolute Gasteiger partial charge is 0.386 e. The molecule has 1 atom stereocenters. The average molecular weight is 291 g/mol. The molecule has 21 heavy (non-hydrogen) atoms. The molecule has 0 aliphatic rings. The molecule has 0 spiro atoms. The van der Waals surface area contributed by atoms with E-state index in [4.69, 9.17) is 22.3 Å². The van der Waals surface area contributed by atoms with E-state index in [1.807, 2.05) is 0 Å². The molecule has 1 rings (SSSR count). The Balaban J connectivity index is 2.92. The van der Waals surface area contributed by atoms with Crippen LogP contribution in [-0.2, 0) is 11.3 Å². The van der Waals surface area contributed by atoms with E-state index in [0.717, 1.165) is 0 Å². The minimum atomic E-state index is -0.781. The van der Waals surface area contributed by atoms with Crippen LogP contribution in [0.15, 0.2) is 29.3 Å². The maximum absolute atomic E-state index is 13.5. The lowest BCUT2D eigenvalue weighted by Crippen LogP contribution is -2.39. The van der Waals surface area contributed by atoms with E-state index in [9.17, 15) is 9.18 Å². The molecule has 0 saturated carbocycles. The lowest BCUT2D eigenvalue weighted by Gasteiger charge is -2.12. The van der Waals surface area contributed by atoms with E-state index >= 15 is 0 Å². The van der Waals surface area contributed by atoms with E-state index < -0.39 is 11.9 Å². The Kier molecular flexibility index (Phi) is 6.35. The van der Waals surface area contributed by atoms with Gasteiger partial charge in [0.05, 0.1) is 24.0 Å². The van der Waals surface area contributed by atoms with Crippen molar-refractivity contribution in [3.05, 3.63) is 35.6 Å². The number of nitrogens with two attached hydrogens (primary N) is 2. The van der Waals surface area contributed by atoms with Gasteiger partial charge in [0, 0.05) is 18.4 Å². The lowest BCUT2D eigenvalue weighted by molar-refractivity contribution is -0.106. The summed E-state index contributed by atoms with van der Waals surface area (Å²) in [4.78, 5) is 14.7. The van der Waals surface area contributed by atoms with Crippen molar-refractivity contribution < 1.29 is 9.18 Å². The van der Waals surface area contributed by atoms with Gasteiger partial charge in [-0.05, 0) is 6.07 Å². The summed E-state index contributed by atoms with van der Waals surface area (Å²) < 4.78 is 13.5. The van der Waals surface area contributed by atoms with Gasteiger partial charge in [-0.25, -0.2) is 4.39 Å². The summed E-state index contributed by atoms with van der Waals surface area (Å²) in [6.07, 6.45) is 0.539. The van der Waals surface area contributed by atoms with Crippen LogP contribution in [0.1, 0.15) is 18.4 Å². The van der Waals surface area contributed by atoms with Crippen molar-refractivity contribution in [2.75, 3.05) is 0 Å². The predicted molar refractivity (Wildman–Crippen MR) is 80.5 cm³/mol. The van der Waals surface area contributed by atoms with Gasteiger partial charge in [0.1, 0.15) is 17.9 Å². The van der Waals surface area contributed by atoms with Gasteiger partial charge in [-0.2, -0.15) is 0 Å². The van der Waals surface area contributed by atoms with Gasteiger partial charge < -0.3 is 21.7 Å². The normalized spacial score (nSPS) is 12.8. The summed E-state index contributed by atoms with van der Waals surface area (Å²) in [5, 5.41) is 15.0. The van der Waals surface area contributed by atoms with E-state index in [-0.39, 0.29) is 36.6 Å². The predicted octanol–water partition coefficient (Wildman–Crippen LogP) is 1.03. The SMILES string of the molecule is N=C(CC=O)C(CC(N)C(=N)N)=NCc1ccccc1F. The first-order valence-corrected chi connectivity index (χ1v) is 6.33. The van der Waals surface area contributed by atoms with Crippen molar-refractivity contribution in [2.45, 2.75) is 25.4 Å². The highest BCUT2D eigenvalue weighted by Gasteiger charge is 2.14.